The summed E-state index contributed by atoms with van der Waals surface area (Å²) in [5.41, 5.74) is -0.622. The van der Waals surface area contributed by atoms with Gasteiger partial charge in [-0.2, -0.15) is 13.2 Å². The van der Waals surface area contributed by atoms with Gasteiger partial charge in [-0.25, -0.2) is 0 Å². The maximum Gasteiger partial charge on any atom is 0.417 e. The fraction of sp³-hybridized carbons (Fsp3) is 0.364. The Morgan fingerprint density at radius 1 is 1.37 bits per heavy atom. The molecule has 106 valence electrons. The molecule has 0 atom stereocenters. The SMILES string of the molecule is O=C(CNc1ccc(Br)c(C(F)(F)F)c1)NCCO. The molecule has 8 heteroatoms. The van der Waals surface area contributed by atoms with Crippen molar-refractivity contribution < 1.29 is 23.1 Å². The van der Waals surface area contributed by atoms with Crippen molar-refractivity contribution in [3.05, 3.63) is 28.2 Å². The van der Waals surface area contributed by atoms with E-state index in [9.17, 15) is 18.0 Å². The normalized spacial score (nSPS) is 11.2. The quantitative estimate of drug-likeness (QED) is 0.768. The monoisotopic (exact) mass is 340 g/mol. The molecule has 3 N–H and O–H groups in total. The van der Waals surface area contributed by atoms with Crippen molar-refractivity contribution >= 4 is 27.5 Å². The Hall–Kier alpha value is -1.28. The highest BCUT2D eigenvalue weighted by Gasteiger charge is 2.33. The Morgan fingerprint density at radius 2 is 2.05 bits per heavy atom. The maximum absolute atomic E-state index is 12.6. The Bertz CT molecular complexity index is 452. The predicted octanol–water partition coefficient (Wildman–Crippen LogP) is 1.99. The Balaban J connectivity index is 2.68. The van der Waals surface area contributed by atoms with E-state index in [1.54, 1.807) is 0 Å². The van der Waals surface area contributed by atoms with Crippen LogP contribution in [0.25, 0.3) is 0 Å². The van der Waals surface area contributed by atoms with Crippen LogP contribution >= 0.6 is 15.9 Å². The Kier molecular flexibility index (Phi) is 5.61. The summed E-state index contributed by atoms with van der Waals surface area (Å²) in [6.07, 6.45) is -4.46. The lowest BCUT2D eigenvalue weighted by Crippen LogP contribution is -2.31. The smallest absolute Gasteiger partial charge is 0.395 e. The van der Waals surface area contributed by atoms with Crippen molar-refractivity contribution in [2.75, 3.05) is 25.0 Å². The van der Waals surface area contributed by atoms with E-state index in [1.165, 1.54) is 12.1 Å². The minimum atomic E-state index is -4.46. The topological polar surface area (TPSA) is 61.4 Å². The van der Waals surface area contributed by atoms with Gasteiger partial charge in [-0.1, -0.05) is 15.9 Å². The lowest BCUT2D eigenvalue weighted by atomic mass is 10.2. The summed E-state index contributed by atoms with van der Waals surface area (Å²) >= 11 is 2.83. The highest BCUT2D eigenvalue weighted by molar-refractivity contribution is 9.10. The standard InChI is InChI=1S/C11H12BrF3N2O2/c12-9-2-1-7(5-8(9)11(13,14)15)17-6-10(19)16-3-4-18/h1-2,5,17-18H,3-4,6H2,(H,16,19). The summed E-state index contributed by atoms with van der Waals surface area (Å²) in [7, 11) is 0. The molecule has 1 amide bonds. The van der Waals surface area contributed by atoms with E-state index in [1.807, 2.05) is 0 Å². The number of aliphatic hydroxyl groups excluding tert-OH is 1. The van der Waals surface area contributed by atoms with Crippen LogP contribution in [-0.4, -0.2) is 30.7 Å². The van der Waals surface area contributed by atoms with Crippen LogP contribution in [0.15, 0.2) is 22.7 Å². The number of halogens is 4. The van der Waals surface area contributed by atoms with E-state index >= 15 is 0 Å². The molecule has 1 aromatic rings. The van der Waals surface area contributed by atoms with E-state index in [0.29, 0.717) is 0 Å². The maximum atomic E-state index is 12.6. The average Bonchev–Trinajstić information content (AvgIpc) is 2.34. The van der Waals surface area contributed by atoms with Crippen LogP contribution in [0.5, 0.6) is 0 Å². The molecule has 0 fully saturated rings. The summed E-state index contributed by atoms with van der Waals surface area (Å²) in [5, 5.41) is 13.4. The fourth-order valence-corrected chi connectivity index (χ4v) is 1.76. The van der Waals surface area contributed by atoms with Gasteiger partial charge in [0.1, 0.15) is 0 Å². The second-order valence-corrected chi connectivity index (χ2v) is 4.47. The Labute approximate surface area is 116 Å². The molecule has 0 saturated heterocycles. The van der Waals surface area contributed by atoms with E-state index in [2.05, 4.69) is 26.6 Å². The molecule has 0 aliphatic carbocycles. The van der Waals surface area contributed by atoms with Crippen LogP contribution in [0.1, 0.15) is 5.56 Å². The van der Waals surface area contributed by atoms with Gasteiger partial charge in [0.2, 0.25) is 5.91 Å². The first-order valence-electron chi connectivity index (χ1n) is 5.32. The molecule has 0 aliphatic rings. The summed E-state index contributed by atoms with van der Waals surface area (Å²) in [5.74, 6) is -0.412. The molecule has 0 heterocycles. The number of alkyl halides is 3. The minimum Gasteiger partial charge on any atom is -0.395 e. The van der Waals surface area contributed by atoms with Crippen molar-refractivity contribution in [1.29, 1.82) is 0 Å². The zero-order valence-electron chi connectivity index (χ0n) is 9.72. The van der Waals surface area contributed by atoms with Gasteiger partial charge in [-0.05, 0) is 18.2 Å². The summed E-state index contributed by atoms with van der Waals surface area (Å²) in [4.78, 5) is 11.2. The molecular formula is C11H12BrF3N2O2. The molecule has 1 aromatic carbocycles. The number of anilines is 1. The van der Waals surface area contributed by atoms with Gasteiger partial charge in [0.25, 0.3) is 0 Å². The van der Waals surface area contributed by atoms with Crippen LogP contribution in [0.2, 0.25) is 0 Å². The first-order valence-corrected chi connectivity index (χ1v) is 6.12. The molecule has 0 spiro atoms. The molecule has 0 aromatic heterocycles. The minimum absolute atomic E-state index is 0.0599. The van der Waals surface area contributed by atoms with Crippen LogP contribution in [-0.2, 0) is 11.0 Å². The number of nitrogens with one attached hydrogen (secondary N) is 2. The highest BCUT2D eigenvalue weighted by atomic mass is 79.9. The lowest BCUT2D eigenvalue weighted by molar-refractivity contribution is -0.138. The number of hydrogen-bond donors (Lipinski definition) is 3. The second kappa shape index (κ2) is 6.76. The van der Waals surface area contributed by atoms with E-state index in [-0.39, 0.29) is 29.9 Å². The molecule has 19 heavy (non-hydrogen) atoms. The number of carbonyl (C=O) groups excluding carboxylic acids is 1. The highest BCUT2D eigenvalue weighted by Crippen LogP contribution is 2.36. The molecule has 0 unspecified atom stereocenters. The van der Waals surface area contributed by atoms with Crippen molar-refractivity contribution in [2.45, 2.75) is 6.18 Å². The first kappa shape index (κ1) is 15.8. The zero-order valence-corrected chi connectivity index (χ0v) is 11.3. The number of aliphatic hydroxyl groups is 1. The molecule has 0 aliphatic heterocycles. The van der Waals surface area contributed by atoms with Gasteiger partial charge in [0, 0.05) is 16.7 Å². The lowest BCUT2D eigenvalue weighted by Gasteiger charge is -2.12. The first-order chi connectivity index (χ1) is 8.84. The van der Waals surface area contributed by atoms with E-state index in [0.717, 1.165) is 6.07 Å². The third-order valence-electron chi connectivity index (χ3n) is 2.16. The van der Waals surface area contributed by atoms with Crippen molar-refractivity contribution in [3.63, 3.8) is 0 Å². The molecule has 0 saturated carbocycles. The van der Waals surface area contributed by atoms with E-state index in [4.69, 9.17) is 5.11 Å². The number of hydrogen-bond acceptors (Lipinski definition) is 3. The van der Waals surface area contributed by atoms with Gasteiger partial charge < -0.3 is 15.7 Å². The van der Waals surface area contributed by atoms with Crippen LogP contribution in [0, 0.1) is 0 Å². The second-order valence-electron chi connectivity index (χ2n) is 3.62. The van der Waals surface area contributed by atoms with Crippen molar-refractivity contribution in [2.24, 2.45) is 0 Å². The molecule has 1 rings (SSSR count). The van der Waals surface area contributed by atoms with Gasteiger partial charge >= 0.3 is 6.18 Å². The summed E-state index contributed by atoms with van der Waals surface area (Å²) < 4.78 is 37.8. The number of carbonyl (C=O) groups is 1. The molecule has 0 bridgehead atoms. The third-order valence-corrected chi connectivity index (χ3v) is 2.85. The van der Waals surface area contributed by atoms with Crippen molar-refractivity contribution in [1.82, 2.24) is 5.32 Å². The molecular weight excluding hydrogens is 329 g/mol. The molecule has 4 nitrogen and oxygen atoms in total. The summed E-state index contributed by atoms with van der Waals surface area (Å²) in [6, 6.07) is 3.61. The fourth-order valence-electron chi connectivity index (χ4n) is 1.29. The number of benzene rings is 1. The van der Waals surface area contributed by atoms with Crippen LogP contribution < -0.4 is 10.6 Å². The van der Waals surface area contributed by atoms with E-state index < -0.39 is 17.6 Å². The predicted molar refractivity (Wildman–Crippen MR) is 67.7 cm³/mol. The molecule has 0 radical (unpaired) electrons. The van der Waals surface area contributed by atoms with Gasteiger partial charge in [0.05, 0.1) is 18.7 Å². The van der Waals surface area contributed by atoms with Gasteiger partial charge in [0.15, 0.2) is 0 Å². The van der Waals surface area contributed by atoms with Gasteiger partial charge in [-0.15, -0.1) is 0 Å². The third kappa shape index (κ3) is 5.07. The average molecular weight is 341 g/mol. The number of amides is 1. The van der Waals surface area contributed by atoms with Crippen LogP contribution in [0.4, 0.5) is 18.9 Å². The zero-order chi connectivity index (χ0) is 14.5. The largest absolute Gasteiger partial charge is 0.417 e. The number of rotatable bonds is 5. The van der Waals surface area contributed by atoms with Gasteiger partial charge in [-0.3, -0.25) is 4.79 Å². The van der Waals surface area contributed by atoms with Crippen molar-refractivity contribution in [3.8, 4) is 0 Å². The Morgan fingerprint density at radius 3 is 2.63 bits per heavy atom. The van der Waals surface area contributed by atoms with Crippen LogP contribution in [0.3, 0.4) is 0 Å². The summed E-state index contributed by atoms with van der Waals surface area (Å²) in [6.45, 7) is -0.254.